The van der Waals surface area contributed by atoms with Crippen LogP contribution in [0.15, 0.2) is 24.3 Å². The summed E-state index contributed by atoms with van der Waals surface area (Å²) in [6.07, 6.45) is 0. The van der Waals surface area contributed by atoms with Crippen LogP contribution in [0.1, 0.15) is 11.1 Å². The summed E-state index contributed by atoms with van der Waals surface area (Å²) in [6, 6.07) is 9.41. The van der Waals surface area contributed by atoms with E-state index in [-0.39, 0.29) is 0 Å². The van der Waals surface area contributed by atoms with Crippen molar-refractivity contribution in [3.05, 3.63) is 35.4 Å². The van der Waals surface area contributed by atoms with Crippen molar-refractivity contribution >= 4 is 0 Å². The molecule has 0 bridgehead atoms. The second-order valence-electron chi connectivity index (χ2n) is 12.2. The predicted octanol–water partition coefficient (Wildman–Crippen LogP) is 0.909. The van der Waals surface area contributed by atoms with Crippen molar-refractivity contribution in [3.8, 4) is 0 Å². The van der Waals surface area contributed by atoms with Crippen molar-refractivity contribution in [2.45, 2.75) is 13.1 Å². The lowest BCUT2D eigenvalue weighted by Gasteiger charge is -2.31. The maximum atomic E-state index is 2.66. The smallest absolute Gasteiger partial charge is 0.0234 e. The van der Waals surface area contributed by atoms with Gasteiger partial charge in [0.1, 0.15) is 0 Å². The first-order chi connectivity index (χ1) is 18.3. The fourth-order valence-corrected chi connectivity index (χ4v) is 5.17. The van der Waals surface area contributed by atoms with Gasteiger partial charge < -0.3 is 29.4 Å². The summed E-state index contributed by atoms with van der Waals surface area (Å²) in [4.78, 5) is 20.2. The van der Waals surface area contributed by atoms with Gasteiger partial charge in [-0.25, -0.2) is 0 Å². The topological polar surface area (TPSA) is 25.9 Å². The van der Waals surface area contributed by atoms with Crippen LogP contribution in [0.3, 0.4) is 0 Å². The van der Waals surface area contributed by atoms with Gasteiger partial charge in [-0.2, -0.15) is 0 Å². The molecule has 0 aliphatic carbocycles. The van der Waals surface area contributed by atoms with Gasteiger partial charge in [0, 0.05) is 118 Å². The first kappa shape index (κ1) is 31.4. The lowest BCUT2D eigenvalue weighted by molar-refractivity contribution is 0.160. The summed E-state index contributed by atoms with van der Waals surface area (Å²) in [7, 11) is 13.6. The Bertz CT molecular complexity index is 681. The lowest BCUT2D eigenvalue weighted by Crippen LogP contribution is -2.43. The molecule has 1 aromatic rings. The van der Waals surface area contributed by atoms with Crippen LogP contribution in [-0.4, -0.2) is 186 Å². The Labute approximate surface area is 234 Å². The van der Waals surface area contributed by atoms with E-state index in [4.69, 9.17) is 0 Å². The van der Waals surface area contributed by atoms with Crippen molar-refractivity contribution in [1.29, 1.82) is 0 Å². The molecule has 1 aromatic carbocycles. The molecular formula is C30H58N8. The Balaban J connectivity index is 1.60. The maximum absolute atomic E-state index is 2.66. The Hall–Kier alpha value is -1.10. The third kappa shape index (κ3) is 12.4. The van der Waals surface area contributed by atoms with E-state index >= 15 is 0 Å². The van der Waals surface area contributed by atoms with Crippen LogP contribution in [0.2, 0.25) is 0 Å². The minimum atomic E-state index is 1.04. The number of rotatable bonds is 4. The highest BCUT2D eigenvalue weighted by molar-refractivity contribution is 5.23. The highest BCUT2D eigenvalue weighted by atomic mass is 15.3. The van der Waals surface area contributed by atoms with Crippen molar-refractivity contribution in [2.75, 3.05) is 147 Å². The molecule has 0 unspecified atom stereocenters. The number of likely N-dealkylation sites (N-methyl/N-ethyl adjacent to an activating group) is 6. The molecule has 2 fully saturated rings. The summed E-state index contributed by atoms with van der Waals surface area (Å²) < 4.78 is 0. The Morgan fingerprint density at radius 1 is 0.395 bits per heavy atom. The van der Waals surface area contributed by atoms with E-state index in [9.17, 15) is 0 Å². The van der Waals surface area contributed by atoms with Crippen molar-refractivity contribution in [1.82, 2.24) is 39.2 Å². The summed E-state index contributed by atoms with van der Waals surface area (Å²) >= 11 is 0. The summed E-state index contributed by atoms with van der Waals surface area (Å²) in [5.41, 5.74) is 2.90. The standard InChI is InChI=1S/C30H58N8/c1-31-10-14-33(3)18-22-37(23-19-34(4)15-11-31)27-29-8-7-9-30(26-29)28-38-24-20-35(5)16-12-32(2)13-17-36(6)21-25-38/h7-9,26H,10-25,27-28H2,1-6H3. The highest BCUT2D eigenvalue weighted by Crippen LogP contribution is 2.12. The fourth-order valence-electron chi connectivity index (χ4n) is 5.17. The molecule has 0 radical (unpaired) electrons. The molecule has 0 saturated carbocycles. The normalized spacial score (nSPS) is 24.4. The Kier molecular flexibility index (Phi) is 14.0. The van der Waals surface area contributed by atoms with Gasteiger partial charge >= 0.3 is 0 Å². The molecule has 218 valence electrons. The van der Waals surface area contributed by atoms with Crippen LogP contribution in [0.25, 0.3) is 0 Å². The molecule has 8 nitrogen and oxygen atoms in total. The van der Waals surface area contributed by atoms with Gasteiger partial charge in [0.25, 0.3) is 0 Å². The van der Waals surface area contributed by atoms with Crippen molar-refractivity contribution in [3.63, 3.8) is 0 Å². The van der Waals surface area contributed by atoms with E-state index in [1.807, 2.05) is 0 Å². The molecule has 0 spiro atoms. The predicted molar refractivity (Wildman–Crippen MR) is 162 cm³/mol. The highest BCUT2D eigenvalue weighted by Gasteiger charge is 2.15. The van der Waals surface area contributed by atoms with Crippen LogP contribution < -0.4 is 0 Å². The maximum Gasteiger partial charge on any atom is 0.0234 e. The first-order valence-corrected chi connectivity index (χ1v) is 14.9. The third-order valence-corrected chi connectivity index (χ3v) is 8.45. The second-order valence-corrected chi connectivity index (χ2v) is 12.2. The monoisotopic (exact) mass is 530 g/mol. The zero-order valence-corrected chi connectivity index (χ0v) is 25.6. The van der Waals surface area contributed by atoms with E-state index in [0.717, 1.165) is 118 Å². The summed E-state index contributed by atoms with van der Waals surface area (Å²) in [5.74, 6) is 0. The van der Waals surface area contributed by atoms with E-state index in [2.05, 4.69) is 106 Å². The molecule has 2 saturated heterocycles. The lowest BCUT2D eigenvalue weighted by atomic mass is 10.1. The molecule has 3 rings (SSSR count). The number of hydrogen-bond acceptors (Lipinski definition) is 8. The molecule has 0 N–H and O–H groups in total. The van der Waals surface area contributed by atoms with Gasteiger partial charge in [-0.1, -0.05) is 24.3 Å². The van der Waals surface area contributed by atoms with Gasteiger partial charge in [-0.3, -0.25) is 9.80 Å². The Morgan fingerprint density at radius 2 is 0.632 bits per heavy atom. The summed E-state index contributed by atoms with van der Waals surface area (Å²) in [6.45, 7) is 20.2. The molecule has 2 heterocycles. The zero-order valence-electron chi connectivity index (χ0n) is 25.6. The molecule has 0 amide bonds. The minimum Gasteiger partial charge on any atom is -0.304 e. The second kappa shape index (κ2) is 16.9. The average molecular weight is 531 g/mol. The molecule has 38 heavy (non-hydrogen) atoms. The van der Waals surface area contributed by atoms with Gasteiger partial charge in [0.05, 0.1) is 0 Å². The fraction of sp³-hybridized carbons (Fsp3) is 0.800. The number of benzene rings is 1. The largest absolute Gasteiger partial charge is 0.304 e. The molecule has 2 aliphatic heterocycles. The minimum absolute atomic E-state index is 1.04. The van der Waals surface area contributed by atoms with Crippen LogP contribution in [0.4, 0.5) is 0 Å². The van der Waals surface area contributed by atoms with Gasteiger partial charge in [0.2, 0.25) is 0 Å². The molecule has 8 heteroatoms. The van der Waals surface area contributed by atoms with Gasteiger partial charge in [-0.15, -0.1) is 0 Å². The van der Waals surface area contributed by atoms with Crippen LogP contribution in [-0.2, 0) is 13.1 Å². The molecule has 0 aromatic heterocycles. The Morgan fingerprint density at radius 3 is 0.895 bits per heavy atom. The van der Waals surface area contributed by atoms with E-state index < -0.39 is 0 Å². The molecule has 2 aliphatic rings. The number of nitrogens with zero attached hydrogens (tertiary/aromatic N) is 8. The number of hydrogen-bond donors (Lipinski definition) is 0. The summed E-state index contributed by atoms with van der Waals surface area (Å²) in [5, 5.41) is 0. The van der Waals surface area contributed by atoms with E-state index in [0.29, 0.717) is 0 Å². The van der Waals surface area contributed by atoms with Gasteiger partial charge in [0.15, 0.2) is 0 Å². The van der Waals surface area contributed by atoms with Crippen LogP contribution in [0.5, 0.6) is 0 Å². The zero-order chi connectivity index (χ0) is 27.3. The van der Waals surface area contributed by atoms with Crippen molar-refractivity contribution < 1.29 is 0 Å². The molecule has 0 atom stereocenters. The van der Waals surface area contributed by atoms with Gasteiger partial charge in [-0.05, 0) is 53.4 Å². The quantitative estimate of drug-likeness (QED) is 0.567. The van der Waals surface area contributed by atoms with E-state index in [1.165, 1.54) is 11.1 Å². The third-order valence-electron chi connectivity index (χ3n) is 8.45. The van der Waals surface area contributed by atoms with Crippen molar-refractivity contribution in [2.24, 2.45) is 0 Å². The SMILES string of the molecule is CN1CCN(C)CCN(Cc2cccc(CN3CCN(C)CCN(C)CCN(C)CC3)c2)CCN(C)CC1. The average Bonchev–Trinajstić information content (AvgIpc) is 2.90. The first-order valence-electron chi connectivity index (χ1n) is 14.9. The van der Waals surface area contributed by atoms with E-state index in [1.54, 1.807) is 0 Å². The molecular weight excluding hydrogens is 472 g/mol. The van der Waals surface area contributed by atoms with Crippen LogP contribution in [0, 0.1) is 0 Å². The van der Waals surface area contributed by atoms with Crippen LogP contribution >= 0.6 is 0 Å².